The maximum absolute atomic E-state index is 13.0. The Morgan fingerprint density at radius 2 is 1.81 bits per heavy atom. The number of aromatic nitrogens is 1. The number of hydrogen-bond donors (Lipinski definition) is 0. The van der Waals surface area contributed by atoms with Crippen LogP contribution >= 0.6 is 23.4 Å². The smallest absolute Gasteiger partial charge is 0.243 e. The zero-order chi connectivity index (χ0) is 19.4. The third kappa shape index (κ3) is 4.78. The van der Waals surface area contributed by atoms with Crippen LogP contribution in [-0.4, -0.2) is 60.4 Å². The van der Waals surface area contributed by atoms with Crippen LogP contribution in [0.3, 0.4) is 0 Å². The Bertz CT molecular complexity index is 917. The van der Waals surface area contributed by atoms with E-state index in [1.54, 1.807) is 23.2 Å². The normalized spacial score (nSPS) is 15.7. The largest absolute Gasteiger partial charge is 0.339 e. The molecule has 1 aromatic carbocycles. The lowest BCUT2D eigenvalue weighted by atomic mass is 10.3. The average Bonchev–Trinajstić information content (AvgIpc) is 2.67. The lowest BCUT2D eigenvalue weighted by Gasteiger charge is -2.34. The highest BCUT2D eigenvalue weighted by Crippen LogP contribution is 2.24. The van der Waals surface area contributed by atoms with Crippen LogP contribution in [0.15, 0.2) is 52.5 Å². The summed E-state index contributed by atoms with van der Waals surface area (Å²) >= 11 is 7.28. The summed E-state index contributed by atoms with van der Waals surface area (Å²) in [7, 11) is -3.69. The van der Waals surface area contributed by atoms with E-state index in [-0.39, 0.29) is 29.6 Å². The summed E-state index contributed by atoms with van der Waals surface area (Å²) in [6.07, 6.45) is 1.61. The van der Waals surface area contributed by atoms with Crippen molar-refractivity contribution in [2.24, 2.45) is 0 Å². The molecule has 1 amide bonds. The Morgan fingerprint density at radius 3 is 2.44 bits per heavy atom. The first kappa shape index (κ1) is 20.1. The van der Waals surface area contributed by atoms with Crippen LogP contribution in [0.25, 0.3) is 0 Å². The van der Waals surface area contributed by atoms with E-state index in [9.17, 15) is 17.6 Å². The monoisotopic (exact) mass is 429 g/mol. The molecule has 1 aliphatic heterocycles. The molecule has 144 valence electrons. The summed E-state index contributed by atoms with van der Waals surface area (Å²) in [4.78, 5) is 18.2. The number of rotatable bonds is 5. The molecule has 27 heavy (non-hydrogen) atoms. The van der Waals surface area contributed by atoms with Gasteiger partial charge in [-0.3, -0.25) is 4.79 Å². The highest BCUT2D eigenvalue weighted by Gasteiger charge is 2.30. The van der Waals surface area contributed by atoms with E-state index in [1.807, 2.05) is 0 Å². The maximum atomic E-state index is 13.0. The predicted octanol–water partition coefficient (Wildman–Crippen LogP) is 2.50. The van der Waals surface area contributed by atoms with Crippen molar-refractivity contribution in [2.45, 2.75) is 9.92 Å². The molecule has 0 unspecified atom stereocenters. The summed E-state index contributed by atoms with van der Waals surface area (Å²) < 4.78 is 39.5. The van der Waals surface area contributed by atoms with Crippen molar-refractivity contribution in [3.8, 4) is 0 Å². The van der Waals surface area contributed by atoms with E-state index < -0.39 is 15.8 Å². The minimum Gasteiger partial charge on any atom is -0.339 e. The number of pyridine rings is 1. The quantitative estimate of drug-likeness (QED) is 0.683. The molecule has 1 fully saturated rings. The molecule has 1 aliphatic rings. The number of amides is 1. The van der Waals surface area contributed by atoms with E-state index in [0.717, 1.165) is 12.1 Å². The van der Waals surface area contributed by atoms with Gasteiger partial charge in [0, 0.05) is 32.4 Å². The van der Waals surface area contributed by atoms with Crippen molar-refractivity contribution < 1.29 is 17.6 Å². The molecule has 2 aromatic rings. The summed E-state index contributed by atoms with van der Waals surface area (Å²) in [5.41, 5.74) is 0. The molecular weight excluding hydrogens is 413 g/mol. The lowest BCUT2D eigenvalue weighted by Crippen LogP contribution is -2.50. The van der Waals surface area contributed by atoms with Gasteiger partial charge in [-0.1, -0.05) is 23.4 Å². The van der Waals surface area contributed by atoms with Gasteiger partial charge in [0.2, 0.25) is 15.9 Å². The molecule has 0 saturated carbocycles. The van der Waals surface area contributed by atoms with Crippen LogP contribution in [0.5, 0.6) is 0 Å². The number of sulfonamides is 1. The van der Waals surface area contributed by atoms with E-state index in [4.69, 9.17) is 11.6 Å². The van der Waals surface area contributed by atoms with Crippen molar-refractivity contribution in [3.63, 3.8) is 0 Å². The molecule has 0 bridgehead atoms. The van der Waals surface area contributed by atoms with Crippen LogP contribution in [0.2, 0.25) is 5.02 Å². The zero-order valence-corrected chi connectivity index (χ0v) is 16.6. The minimum atomic E-state index is -3.69. The Kier molecular flexibility index (Phi) is 6.36. The second-order valence-electron chi connectivity index (χ2n) is 5.82. The van der Waals surface area contributed by atoms with Gasteiger partial charge in [0.05, 0.1) is 15.7 Å². The van der Waals surface area contributed by atoms with Crippen LogP contribution < -0.4 is 0 Å². The number of benzene rings is 1. The van der Waals surface area contributed by atoms with Gasteiger partial charge in [-0.15, -0.1) is 0 Å². The fraction of sp³-hybridized carbons (Fsp3) is 0.294. The summed E-state index contributed by atoms with van der Waals surface area (Å²) in [5, 5.41) is 1.08. The minimum absolute atomic E-state index is 0.0454. The van der Waals surface area contributed by atoms with Gasteiger partial charge in [-0.2, -0.15) is 4.31 Å². The van der Waals surface area contributed by atoms with Crippen LogP contribution in [0.1, 0.15) is 0 Å². The fourth-order valence-electron chi connectivity index (χ4n) is 2.63. The molecule has 0 aliphatic carbocycles. The van der Waals surface area contributed by atoms with Gasteiger partial charge in [-0.05, 0) is 36.4 Å². The van der Waals surface area contributed by atoms with Gasteiger partial charge < -0.3 is 4.90 Å². The molecular formula is C17H17ClFN3O3S2. The van der Waals surface area contributed by atoms with Crippen LogP contribution in [0.4, 0.5) is 4.39 Å². The second kappa shape index (κ2) is 8.55. The van der Waals surface area contributed by atoms with E-state index in [1.165, 1.54) is 28.2 Å². The van der Waals surface area contributed by atoms with E-state index >= 15 is 0 Å². The standard InChI is InChI=1S/C17H17ClFN3O3S2/c18-15-2-1-7-20-17(15)26-12-16(23)21-8-10-22(11-9-21)27(24,25)14-5-3-13(19)4-6-14/h1-7H,8-12H2. The molecule has 6 nitrogen and oxygen atoms in total. The second-order valence-corrected chi connectivity index (χ2v) is 9.13. The first-order chi connectivity index (χ1) is 12.9. The van der Waals surface area contributed by atoms with Crippen molar-refractivity contribution in [2.75, 3.05) is 31.9 Å². The van der Waals surface area contributed by atoms with Gasteiger partial charge >= 0.3 is 0 Å². The average molecular weight is 430 g/mol. The molecule has 3 rings (SSSR count). The van der Waals surface area contributed by atoms with E-state index in [0.29, 0.717) is 23.1 Å². The highest BCUT2D eigenvalue weighted by atomic mass is 35.5. The number of carbonyl (C=O) groups is 1. The number of halogens is 2. The zero-order valence-electron chi connectivity index (χ0n) is 14.2. The first-order valence-corrected chi connectivity index (χ1v) is 10.9. The number of hydrogen-bond acceptors (Lipinski definition) is 5. The molecule has 0 N–H and O–H groups in total. The highest BCUT2D eigenvalue weighted by molar-refractivity contribution is 8.00. The Labute approximate surface area is 166 Å². The molecule has 0 atom stereocenters. The molecule has 2 heterocycles. The van der Waals surface area contributed by atoms with Gasteiger partial charge in [0.1, 0.15) is 10.8 Å². The Balaban J connectivity index is 1.56. The summed E-state index contributed by atoms with van der Waals surface area (Å²) in [5.74, 6) is -0.406. The Hall–Kier alpha value is -1.68. The number of thioether (sulfide) groups is 1. The summed E-state index contributed by atoms with van der Waals surface area (Å²) in [6, 6.07) is 8.15. The van der Waals surface area contributed by atoms with Gasteiger partial charge in [0.25, 0.3) is 0 Å². The van der Waals surface area contributed by atoms with Crippen molar-refractivity contribution in [1.29, 1.82) is 0 Å². The van der Waals surface area contributed by atoms with Gasteiger partial charge in [-0.25, -0.2) is 17.8 Å². The van der Waals surface area contributed by atoms with Crippen LogP contribution in [-0.2, 0) is 14.8 Å². The number of nitrogens with zero attached hydrogens (tertiary/aromatic N) is 3. The lowest BCUT2D eigenvalue weighted by molar-refractivity contribution is -0.129. The summed E-state index contributed by atoms with van der Waals surface area (Å²) in [6.45, 7) is 0.993. The Morgan fingerprint density at radius 1 is 1.15 bits per heavy atom. The first-order valence-electron chi connectivity index (χ1n) is 8.15. The van der Waals surface area contributed by atoms with Crippen molar-refractivity contribution in [3.05, 3.63) is 53.4 Å². The molecule has 0 radical (unpaired) electrons. The predicted molar refractivity (Wildman–Crippen MR) is 102 cm³/mol. The van der Waals surface area contributed by atoms with Crippen molar-refractivity contribution >= 4 is 39.3 Å². The molecule has 0 spiro atoms. The fourth-order valence-corrected chi connectivity index (χ4v) is 5.12. The van der Waals surface area contributed by atoms with Crippen molar-refractivity contribution in [1.82, 2.24) is 14.2 Å². The molecule has 10 heteroatoms. The van der Waals surface area contributed by atoms with E-state index in [2.05, 4.69) is 4.98 Å². The molecule has 1 saturated heterocycles. The number of carbonyl (C=O) groups excluding carboxylic acids is 1. The van der Waals surface area contributed by atoms with Gasteiger partial charge in [0.15, 0.2) is 0 Å². The SMILES string of the molecule is O=C(CSc1ncccc1Cl)N1CCN(S(=O)(=O)c2ccc(F)cc2)CC1. The molecule has 1 aromatic heterocycles. The third-order valence-electron chi connectivity index (χ3n) is 4.10. The third-order valence-corrected chi connectivity index (χ3v) is 7.42. The maximum Gasteiger partial charge on any atom is 0.243 e. The van der Waals surface area contributed by atoms with Crippen LogP contribution in [0, 0.1) is 5.82 Å². The topological polar surface area (TPSA) is 70.6 Å². The number of piperazine rings is 1.